The lowest BCUT2D eigenvalue weighted by Gasteiger charge is -2.06. The first-order valence-corrected chi connectivity index (χ1v) is 6.02. The van der Waals surface area contributed by atoms with Crippen LogP contribution in [-0.4, -0.2) is 10.9 Å². The molecule has 2 aromatic rings. The zero-order valence-corrected chi connectivity index (χ0v) is 11.1. The molecule has 94 valence electrons. The minimum atomic E-state index is -0.545. The number of nitrogens with one attached hydrogen (secondary N) is 1. The molecule has 0 aliphatic carbocycles. The van der Waals surface area contributed by atoms with Crippen molar-refractivity contribution >= 4 is 27.5 Å². The standard InChI is InChI=1S/C13H7BrFN3O/c14-9-2-4-11(10(15)5-9)18-13(19)12-3-1-8(6-16)7-17-12/h1-5,7H,(H,18,19). The highest BCUT2D eigenvalue weighted by molar-refractivity contribution is 9.10. The van der Waals surface area contributed by atoms with Gasteiger partial charge < -0.3 is 5.32 Å². The van der Waals surface area contributed by atoms with Crippen molar-refractivity contribution < 1.29 is 9.18 Å². The molecule has 0 radical (unpaired) electrons. The Morgan fingerprint density at radius 3 is 2.74 bits per heavy atom. The maximum Gasteiger partial charge on any atom is 0.274 e. The Morgan fingerprint density at radius 1 is 1.37 bits per heavy atom. The minimum Gasteiger partial charge on any atom is -0.318 e. The summed E-state index contributed by atoms with van der Waals surface area (Å²) in [6.45, 7) is 0. The molecule has 1 aromatic carbocycles. The fraction of sp³-hybridized carbons (Fsp3) is 0. The third-order valence-electron chi connectivity index (χ3n) is 2.30. The van der Waals surface area contributed by atoms with Gasteiger partial charge in [0.05, 0.1) is 11.3 Å². The maximum atomic E-state index is 13.5. The van der Waals surface area contributed by atoms with Gasteiger partial charge in [0, 0.05) is 10.7 Å². The lowest BCUT2D eigenvalue weighted by Crippen LogP contribution is -2.14. The minimum absolute atomic E-state index is 0.0689. The number of carbonyl (C=O) groups is 1. The van der Waals surface area contributed by atoms with E-state index in [2.05, 4.69) is 26.2 Å². The largest absolute Gasteiger partial charge is 0.318 e. The molecular weight excluding hydrogens is 313 g/mol. The Balaban J connectivity index is 2.18. The summed E-state index contributed by atoms with van der Waals surface area (Å²) in [5, 5.41) is 11.0. The topological polar surface area (TPSA) is 65.8 Å². The fourth-order valence-electron chi connectivity index (χ4n) is 1.37. The van der Waals surface area contributed by atoms with Crippen LogP contribution in [0.15, 0.2) is 41.0 Å². The highest BCUT2D eigenvalue weighted by Gasteiger charge is 2.10. The number of pyridine rings is 1. The van der Waals surface area contributed by atoms with Crippen LogP contribution in [0.25, 0.3) is 0 Å². The second-order valence-corrected chi connectivity index (χ2v) is 4.54. The first-order valence-electron chi connectivity index (χ1n) is 5.22. The van der Waals surface area contributed by atoms with E-state index in [1.54, 1.807) is 6.07 Å². The molecule has 0 fully saturated rings. The summed E-state index contributed by atoms with van der Waals surface area (Å²) >= 11 is 3.13. The molecule has 1 aromatic heterocycles. The van der Waals surface area contributed by atoms with E-state index in [4.69, 9.17) is 5.26 Å². The zero-order valence-electron chi connectivity index (χ0n) is 9.52. The van der Waals surface area contributed by atoms with Gasteiger partial charge in [-0.1, -0.05) is 15.9 Å². The van der Waals surface area contributed by atoms with Crippen LogP contribution in [0.5, 0.6) is 0 Å². The summed E-state index contributed by atoms with van der Waals surface area (Å²) < 4.78 is 14.1. The van der Waals surface area contributed by atoms with Gasteiger partial charge in [-0.3, -0.25) is 4.79 Å². The number of hydrogen-bond donors (Lipinski definition) is 1. The maximum absolute atomic E-state index is 13.5. The van der Waals surface area contributed by atoms with Gasteiger partial charge in [0.25, 0.3) is 5.91 Å². The number of anilines is 1. The van der Waals surface area contributed by atoms with Crippen LogP contribution in [0.2, 0.25) is 0 Å². The molecule has 2 rings (SSSR count). The number of carbonyl (C=O) groups excluding carboxylic acids is 1. The van der Waals surface area contributed by atoms with Crippen LogP contribution >= 0.6 is 15.9 Å². The average Bonchev–Trinajstić information content (AvgIpc) is 2.42. The van der Waals surface area contributed by atoms with Gasteiger partial charge in [-0.2, -0.15) is 5.26 Å². The van der Waals surface area contributed by atoms with Crippen molar-refractivity contribution in [2.24, 2.45) is 0 Å². The molecular formula is C13H7BrFN3O. The van der Waals surface area contributed by atoms with Crippen molar-refractivity contribution in [3.8, 4) is 6.07 Å². The van der Waals surface area contributed by atoms with Crippen LogP contribution in [-0.2, 0) is 0 Å². The van der Waals surface area contributed by atoms with Crippen LogP contribution in [0, 0.1) is 17.1 Å². The highest BCUT2D eigenvalue weighted by Crippen LogP contribution is 2.19. The number of aromatic nitrogens is 1. The number of nitriles is 1. The lowest BCUT2D eigenvalue weighted by molar-refractivity contribution is 0.102. The first-order chi connectivity index (χ1) is 9.10. The van der Waals surface area contributed by atoms with Gasteiger partial charge in [-0.05, 0) is 30.3 Å². The van der Waals surface area contributed by atoms with Gasteiger partial charge in [0.15, 0.2) is 0 Å². The van der Waals surface area contributed by atoms with Crippen molar-refractivity contribution in [3.05, 3.63) is 58.1 Å². The van der Waals surface area contributed by atoms with E-state index in [-0.39, 0.29) is 11.4 Å². The molecule has 19 heavy (non-hydrogen) atoms. The smallest absolute Gasteiger partial charge is 0.274 e. The Morgan fingerprint density at radius 2 is 2.16 bits per heavy atom. The number of halogens is 2. The Bertz CT molecular complexity index is 665. The average molecular weight is 320 g/mol. The van der Waals surface area contributed by atoms with E-state index in [0.717, 1.165) is 0 Å². The van der Waals surface area contributed by atoms with E-state index < -0.39 is 11.7 Å². The normalized spacial score (nSPS) is 9.74. The van der Waals surface area contributed by atoms with Crippen molar-refractivity contribution in [3.63, 3.8) is 0 Å². The van der Waals surface area contributed by atoms with E-state index in [1.807, 2.05) is 6.07 Å². The molecule has 1 amide bonds. The van der Waals surface area contributed by atoms with Gasteiger partial charge in [-0.25, -0.2) is 9.37 Å². The van der Waals surface area contributed by atoms with Crippen molar-refractivity contribution in [2.45, 2.75) is 0 Å². The summed E-state index contributed by atoms with van der Waals surface area (Å²) in [5.74, 6) is -1.08. The zero-order chi connectivity index (χ0) is 13.8. The third-order valence-corrected chi connectivity index (χ3v) is 2.80. The number of rotatable bonds is 2. The molecule has 0 saturated carbocycles. The molecule has 6 heteroatoms. The second-order valence-electron chi connectivity index (χ2n) is 3.62. The molecule has 4 nitrogen and oxygen atoms in total. The van der Waals surface area contributed by atoms with Crippen LogP contribution in [0.3, 0.4) is 0 Å². The fourth-order valence-corrected chi connectivity index (χ4v) is 1.70. The predicted molar refractivity (Wildman–Crippen MR) is 71.0 cm³/mol. The lowest BCUT2D eigenvalue weighted by atomic mass is 10.2. The quantitative estimate of drug-likeness (QED) is 0.924. The van der Waals surface area contributed by atoms with E-state index in [0.29, 0.717) is 10.0 Å². The predicted octanol–water partition coefficient (Wildman–Crippen LogP) is 3.11. The highest BCUT2D eigenvalue weighted by atomic mass is 79.9. The third kappa shape index (κ3) is 3.14. The van der Waals surface area contributed by atoms with Crippen LogP contribution in [0.1, 0.15) is 16.1 Å². The molecule has 1 N–H and O–H groups in total. The number of amides is 1. The SMILES string of the molecule is N#Cc1ccc(C(=O)Nc2ccc(Br)cc2F)nc1. The van der Waals surface area contributed by atoms with Crippen LogP contribution < -0.4 is 5.32 Å². The second kappa shape index (κ2) is 5.59. The summed E-state index contributed by atoms with van der Waals surface area (Å²) in [5.41, 5.74) is 0.534. The molecule has 0 unspecified atom stereocenters. The van der Waals surface area contributed by atoms with Crippen LogP contribution in [0.4, 0.5) is 10.1 Å². The van der Waals surface area contributed by atoms with Crippen molar-refractivity contribution in [1.82, 2.24) is 4.98 Å². The Hall–Kier alpha value is -2.26. The molecule has 0 aliphatic heterocycles. The molecule has 0 atom stereocenters. The molecule has 1 heterocycles. The van der Waals surface area contributed by atoms with Gasteiger partial charge in [0.2, 0.25) is 0 Å². The summed E-state index contributed by atoms with van der Waals surface area (Å²) in [6.07, 6.45) is 1.28. The Labute approximate surface area is 117 Å². The van der Waals surface area contributed by atoms with E-state index in [1.165, 1.54) is 30.5 Å². The number of hydrogen-bond acceptors (Lipinski definition) is 3. The monoisotopic (exact) mass is 319 g/mol. The molecule has 0 aliphatic rings. The van der Waals surface area contributed by atoms with E-state index in [9.17, 15) is 9.18 Å². The van der Waals surface area contributed by atoms with Gasteiger partial charge in [-0.15, -0.1) is 0 Å². The van der Waals surface area contributed by atoms with Crippen molar-refractivity contribution in [1.29, 1.82) is 5.26 Å². The Kier molecular flexibility index (Phi) is 3.88. The molecule has 0 bridgehead atoms. The number of benzene rings is 1. The molecule has 0 saturated heterocycles. The molecule has 0 spiro atoms. The van der Waals surface area contributed by atoms with Crippen molar-refractivity contribution in [2.75, 3.05) is 5.32 Å². The number of nitrogens with zero attached hydrogens (tertiary/aromatic N) is 2. The summed E-state index contributed by atoms with van der Waals surface area (Å²) in [7, 11) is 0. The van der Waals surface area contributed by atoms with E-state index >= 15 is 0 Å². The summed E-state index contributed by atoms with van der Waals surface area (Å²) in [6, 6.07) is 9.09. The first kappa shape index (κ1) is 13.2. The van der Waals surface area contributed by atoms with Gasteiger partial charge in [0.1, 0.15) is 17.6 Å². The summed E-state index contributed by atoms with van der Waals surface area (Å²) in [4.78, 5) is 15.6. The van der Waals surface area contributed by atoms with Gasteiger partial charge >= 0.3 is 0 Å².